The van der Waals surface area contributed by atoms with Crippen molar-refractivity contribution in [2.75, 3.05) is 12.8 Å². The van der Waals surface area contributed by atoms with Crippen LogP contribution in [-0.4, -0.2) is 53.5 Å². The molecule has 0 spiro atoms. The van der Waals surface area contributed by atoms with Crippen molar-refractivity contribution in [3.63, 3.8) is 0 Å². The molecule has 0 aromatic carbocycles. The van der Waals surface area contributed by atoms with Crippen molar-refractivity contribution in [2.24, 2.45) is 0 Å². The van der Waals surface area contributed by atoms with Crippen molar-refractivity contribution in [3.8, 4) is 0 Å². The lowest BCUT2D eigenvalue weighted by Crippen LogP contribution is -2.35. The number of likely N-dealkylation sites (tertiary alicyclic amines) is 1. The quantitative estimate of drug-likeness (QED) is 0.875. The Balaban J connectivity index is 2.14. The summed E-state index contributed by atoms with van der Waals surface area (Å²) in [7, 11) is -3.23. The Morgan fingerprint density at radius 1 is 1.57 bits per heavy atom. The number of thiazole rings is 1. The second kappa shape index (κ2) is 6.02. The molecular weight excluding hydrogens is 312 g/mol. The molecule has 8 heteroatoms. The second-order valence-electron chi connectivity index (χ2n) is 5.80. The van der Waals surface area contributed by atoms with E-state index in [0.717, 1.165) is 10.7 Å². The van der Waals surface area contributed by atoms with Gasteiger partial charge in [0.05, 0.1) is 16.0 Å². The number of nitrogens with zero attached hydrogens (tertiary/aromatic N) is 2. The van der Waals surface area contributed by atoms with E-state index in [1.54, 1.807) is 16.2 Å². The van der Waals surface area contributed by atoms with Crippen molar-refractivity contribution in [1.29, 1.82) is 0 Å². The first-order chi connectivity index (χ1) is 9.68. The number of sulfone groups is 1. The van der Waals surface area contributed by atoms with E-state index in [1.165, 1.54) is 6.26 Å². The molecule has 0 bridgehead atoms. The van der Waals surface area contributed by atoms with Gasteiger partial charge in [0, 0.05) is 30.6 Å². The first-order valence-electron chi connectivity index (χ1n) is 6.78. The SMILES string of the molecule is CC(C)c1nc(CN2C[C@H](S(C)(=O)=O)C[C@H]2C(=O)O)cs1. The van der Waals surface area contributed by atoms with Gasteiger partial charge >= 0.3 is 5.97 Å². The number of carboxylic acid groups (broad SMARTS) is 1. The predicted molar refractivity (Wildman–Crippen MR) is 81.3 cm³/mol. The van der Waals surface area contributed by atoms with E-state index in [0.29, 0.717) is 12.5 Å². The minimum Gasteiger partial charge on any atom is -0.480 e. The smallest absolute Gasteiger partial charge is 0.320 e. The van der Waals surface area contributed by atoms with E-state index in [1.807, 2.05) is 5.38 Å². The molecule has 1 saturated heterocycles. The fourth-order valence-electron chi connectivity index (χ4n) is 2.47. The first-order valence-corrected chi connectivity index (χ1v) is 9.62. The Hall–Kier alpha value is -0.990. The van der Waals surface area contributed by atoms with E-state index < -0.39 is 27.1 Å². The van der Waals surface area contributed by atoms with Crippen LogP contribution in [0.15, 0.2) is 5.38 Å². The third kappa shape index (κ3) is 3.81. The van der Waals surface area contributed by atoms with Crippen LogP contribution < -0.4 is 0 Å². The number of carbonyl (C=O) groups is 1. The molecule has 0 radical (unpaired) electrons. The van der Waals surface area contributed by atoms with Gasteiger partial charge in [-0.1, -0.05) is 13.8 Å². The molecule has 6 nitrogen and oxygen atoms in total. The summed E-state index contributed by atoms with van der Waals surface area (Å²) >= 11 is 1.55. The third-order valence-corrected chi connectivity index (χ3v) is 6.43. The van der Waals surface area contributed by atoms with Crippen molar-refractivity contribution in [3.05, 3.63) is 16.1 Å². The zero-order chi connectivity index (χ0) is 15.8. The van der Waals surface area contributed by atoms with Crippen LogP contribution in [0.4, 0.5) is 0 Å². The highest BCUT2D eigenvalue weighted by atomic mass is 32.2. The largest absolute Gasteiger partial charge is 0.480 e. The van der Waals surface area contributed by atoms with Gasteiger partial charge < -0.3 is 5.11 Å². The molecule has 1 aliphatic heterocycles. The van der Waals surface area contributed by atoms with Gasteiger partial charge in [-0.3, -0.25) is 9.69 Å². The summed E-state index contributed by atoms with van der Waals surface area (Å²) < 4.78 is 23.3. The lowest BCUT2D eigenvalue weighted by Gasteiger charge is -2.19. The molecule has 2 atom stereocenters. The average molecular weight is 332 g/mol. The summed E-state index contributed by atoms with van der Waals surface area (Å²) in [6.45, 7) is 4.74. The monoisotopic (exact) mass is 332 g/mol. The average Bonchev–Trinajstić information content (AvgIpc) is 2.95. The van der Waals surface area contributed by atoms with Gasteiger partial charge in [-0.25, -0.2) is 13.4 Å². The Bertz CT molecular complexity index is 624. The minimum atomic E-state index is -3.23. The summed E-state index contributed by atoms with van der Waals surface area (Å²) in [4.78, 5) is 17.5. The predicted octanol–water partition coefficient (Wildman–Crippen LogP) is 1.34. The summed E-state index contributed by atoms with van der Waals surface area (Å²) in [5.74, 6) is -0.637. The minimum absolute atomic E-state index is 0.148. The number of hydrogen-bond donors (Lipinski definition) is 1. The van der Waals surface area contributed by atoms with Crippen LogP contribution in [0.1, 0.15) is 36.9 Å². The lowest BCUT2D eigenvalue weighted by atomic mass is 10.2. The molecule has 0 unspecified atom stereocenters. The molecule has 2 heterocycles. The van der Waals surface area contributed by atoms with Crippen LogP contribution in [0, 0.1) is 0 Å². The van der Waals surface area contributed by atoms with E-state index >= 15 is 0 Å². The molecule has 0 aliphatic carbocycles. The number of aromatic nitrogens is 1. The van der Waals surface area contributed by atoms with Gasteiger partial charge in [-0.15, -0.1) is 11.3 Å². The van der Waals surface area contributed by atoms with Gasteiger partial charge in [0.1, 0.15) is 6.04 Å². The summed E-state index contributed by atoms with van der Waals surface area (Å²) in [5.41, 5.74) is 0.809. The van der Waals surface area contributed by atoms with E-state index in [4.69, 9.17) is 0 Å². The summed E-state index contributed by atoms with van der Waals surface area (Å²) in [6.07, 6.45) is 1.31. The van der Waals surface area contributed by atoms with Crippen molar-refractivity contribution >= 4 is 27.1 Å². The van der Waals surface area contributed by atoms with Gasteiger partial charge in [0.25, 0.3) is 0 Å². The fourth-order valence-corrected chi connectivity index (χ4v) is 4.29. The summed E-state index contributed by atoms with van der Waals surface area (Å²) in [6, 6.07) is -0.756. The molecule has 1 aromatic rings. The van der Waals surface area contributed by atoms with Gasteiger partial charge in [0.15, 0.2) is 9.84 Å². The Kier molecular flexibility index (Phi) is 4.69. The Morgan fingerprint density at radius 2 is 2.24 bits per heavy atom. The molecule has 1 N–H and O–H groups in total. The number of aliphatic carboxylic acids is 1. The second-order valence-corrected chi connectivity index (χ2v) is 9.02. The van der Waals surface area contributed by atoms with Gasteiger partial charge in [-0.05, 0) is 6.42 Å². The van der Waals surface area contributed by atoms with Crippen LogP contribution in [-0.2, 0) is 21.2 Å². The number of hydrogen-bond acceptors (Lipinski definition) is 6. The highest BCUT2D eigenvalue weighted by molar-refractivity contribution is 7.91. The normalized spacial score (nSPS) is 23.8. The van der Waals surface area contributed by atoms with Crippen molar-refractivity contribution in [2.45, 2.75) is 44.0 Å². The molecule has 2 rings (SSSR count). The van der Waals surface area contributed by atoms with Crippen LogP contribution in [0.25, 0.3) is 0 Å². The topological polar surface area (TPSA) is 87.6 Å². The van der Waals surface area contributed by atoms with Gasteiger partial charge in [-0.2, -0.15) is 0 Å². The molecule has 1 aromatic heterocycles. The van der Waals surface area contributed by atoms with Gasteiger partial charge in [0.2, 0.25) is 0 Å². The molecule has 0 amide bonds. The van der Waals surface area contributed by atoms with Crippen LogP contribution in [0.3, 0.4) is 0 Å². The molecule has 0 saturated carbocycles. The fraction of sp³-hybridized carbons (Fsp3) is 0.692. The lowest BCUT2D eigenvalue weighted by molar-refractivity contribution is -0.142. The Morgan fingerprint density at radius 3 is 2.71 bits per heavy atom. The molecule has 118 valence electrons. The van der Waals surface area contributed by atoms with Crippen molar-refractivity contribution < 1.29 is 18.3 Å². The van der Waals surface area contributed by atoms with Crippen LogP contribution >= 0.6 is 11.3 Å². The maximum atomic E-state index is 11.7. The molecule has 1 fully saturated rings. The molecule has 1 aliphatic rings. The zero-order valence-electron chi connectivity index (χ0n) is 12.3. The summed E-state index contributed by atoms with van der Waals surface area (Å²) in [5, 5.41) is 11.6. The highest BCUT2D eigenvalue weighted by Crippen LogP contribution is 2.26. The van der Waals surface area contributed by atoms with Crippen LogP contribution in [0.5, 0.6) is 0 Å². The first kappa shape index (κ1) is 16.4. The number of carboxylic acids is 1. The molecular formula is C13H20N2O4S2. The van der Waals surface area contributed by atoms with E-state index in [9.17, 15) is 18.3 Å². The highest BCUT2D eigenvalue weighted by Gasteiger charge is 2.41. The third-order valence-electron chi connectivity index (χ3n) is 3.68. The molecule has 21 heavy (non-hydrogen) atoms. The maximum absolute atomic E-state index is 11.7. The Labute approximate surface area is 128 Å². The number of rotatable bonds is 5. The van der Waals surface area contributed by atoms with Crippen LogP contribution in [0.2, 0.25) is 0 Å². The van der Waals surface area contributed by atoms with Crippen molar-refractivity contribution in [1.82, 2.24) is 9.88 Å². The van der Waals surface area contributed by atoms with E-state index in [2.05, 4.69) is 18.8 Å². The van der Waals surface area contributed by atoms with E-state index in [-0.39, 0.29) is 13.0 Å². The zero-order valence-corrected chi connectivity index (χ0v) is 13.9. The standard InChI is InChI=1S/C13H20N2O4S2/c1-8(2)12-14-9(7-20-12)5-15-6-10(21(3,18)19)4-11(15)13(16)17/h7-8,10-11H,4-6H2,1-3H3,(H,16,17)/t10-,11+/m1/s1. The maximum Gasteiger partial charge on any atom is 0.320 e.